The maximum Gasteiger partial charge on any atom is 0.274 e. The van der Waals surface area contributed by atoms with Gasteiger partial charge in [-0.15, -0.1) is 18.3 Å². The minimum Gasteiger partial charge on any atom is -0.320 e. The van der Waals surface area contributed by atoms with E-state index in [0.717, 1.165) is 27.2 Å². The van der Waals surface area contributed by atoms with Crippen molar-refractivity contribution in [2.75, 3.05) is 11.1 Å². The highest BCUT2D eigenvalue weighted by Crippen LogP contribution is 2.27. The molecule has 1 amide bonds. The van der Waals surface area contributed by atoms with Gasteiger partial charge in [0, 0.05) is 16.0 Å². The van der Waals surface area contributed by atoms with Crippen LogP contribution in [0, 0.1) is 0 Å². The summed E-state index contributed by atoms with van der Waals surface area (Å²) >= 11 is 1.63. The Balaban J connectivity index is 1.84. The van der Waals surface area contributed by atoms with Crippen LogP contribution < -0.4 is 5.32 Å². The molecular formula is C19H16N2OS. The maximum atomic E-state index is 12.5. The third-order valence-electron chi connectivity index (χ3n) is 3.32. The fraction of sp³-hybridized carbons (Fsp3) is 0.0526. The van der Waals surface area contributed by atoms with Gasteiger partial charge in [-0.25, -0.2) is 4.98 Å². The molecular weight excluding hydrogens is 304 g/mol. The summed E-state index contributed by atoms with van der Waals surface area (Å²) in [5, 5.41) is 3.96. The quantitative estimate of drug-likeness (QED) is 0.544. The minimum absolute atomic E-state index is 0.206. The summed E-state index contributed by atoms with van der Waals surface area (Å²) in [6, 6.07) is 19.1. The molecule has 0 unspecified atom stereocenters. The molecule has 4 heteroatoms. The molecule has 2 aromatic carbocycles. The highest BCUT2D eigenvalue weighted by Gasteiger charge is 2.11. The zero-order valence-corrected chi connectivity index (χ0v) is 13.3. The number of carbonyl (C=O) groups is 1. The number of rotatable bonds is 5. The van der Waals surface area contributed by atoms with Crippen LogP contribution in [-0.4, -0.2) is 16.6 Å². The van der Waals surface area contributed by atoms with Crippen LogP contribution in [0.1, 0.15) is 10.5 Å². The molecule has 0 saturated heterocycles. The largest absolute Gasteiger partial charge is 0.320 e. The number of nitrogens with zero attached hydrogens (tertiary/aromatic N) is 1. The van der Waals surface area contributed by atoms with E-state index in [-0.39, 0.29) is 5.91 Å². The van der Waals surface area contributed by atoms with Crippen molar-refractivity contribution < 1.29 is 4.79 Å². The van der Waals surface area contributed by atoms with Gasteiger partial charge in [0.2, 0.25) is 0 Å². The van der Waals surface area contributed by atoms with Gasteiger partial charge in [0.25, 0.3) is 5.91 Å². The fourth-order valence-corrected chi connectivity index (χ4v) is 2.97. The van der Waals surface area contributed by atoms with Crippen molar-refractivity contribution in [2.45, 2.75) is 4.90 Å². The standard InChI is InChI=1S/C19H16N2OS/c1-2-13-23-18-10-6-5-9-16(18)21-19(22)17-12-11-14-7-3-4-8-15(14)20-17/h2-12H,1,13H2,(H,21,22). The lowest BCUT2D eigenvalue weighted by atomic mass is 10.2. The summed E-state index contributed by atoms with van der Waals surface area (Å²) in [7, 11) is 0. The summed E-state index contributed by atoms with van der Waals surface area (Å²) in [4.78, 5) is 17.9. The second-order valence-corrected chi connectivity index (χ2v) is 6.00. The topological polar surface area (TPSA) is 42.0 Å². The number of thioether (sulfide) groups is 1. The van der Waals surface area contributed by atoms with Crippen LogP contribution in [0.5, 0.6) is 0 Å². The molecule has 1 heterocycles. The smallest absolute Gasteiger partial charge is 0.274 e. The van der Waals surface area contributed by atoms with Crippen LogP contribution in [-0.2, 0) is 0 Å². The first-order chi connectivity index (χ1) is 11.3. The SMILES string of the molecule is C=CCSc1ccccc1NC(=O)c1ccc2ccccc2n1. The van der Waals surface area contributed by atoms with E-state index >= 15 is 0 Å². The lowest BCUT2D eigenvalue weighted by molar-refractivity contribution is 0.102. The number of nitrogens with one attached hydrogen (secondary N) is 1. The van der Waals surface area contributed by atoms with Gasteiger partial charge in [0.05, 0.1) is 11.2 Å². The number of anilines is 1. The Labute approximate surface area is 139 Å². The normalized spacial score (nSPS) is 10.4. The number of pyridine rings is 1. The van der Waals surface area contributed by atoms with Gasteiger partial charge in [-0.1, -0.05) is 42.5 Å². The van der Waals surface area contributed by atoms with Crippen molar-refractivity contribution in [3.8, 4) is 0 Å². The molecule has 114 valence electrons. The Bertz CT molecular complexity index is 861. The van der Waals surface area contributed by atoms with E-state index in [1.54, 1.807) is 17.8 Å². The summed E-state index contributed by atoms with van der Waals surface area (Å²) in [6.45, 7) is 3.72. The fourth-order valence-electron chi connectivity index (χ4n) is 2.22. The minimum atomic E-state index is -0.206. The first-order valence-corrected chi connectivity index (χ1v) is 8.26. The summed E-state index contributed by atoms with van der Waals surface area (Å²) < 4.78 is 0. The monoisotopic (exact) mass is 320 g/mol. The van der Waals surface area contributed by atoms with Crippen molar-refractivity contribution in [1.29, 1.82) is 0 Å². The lowest BCUT2D eigenvalue weighted by Crippen LogP contribution is -2.14. The first-order valence-electron chi connectivity index (χ1n) is 7.28. The van der Waals surface area contributed by atoms with Crippen LogP contribution in [0.3, 0.4) is 0 Å². The molecule has 0 fully saturated rings. The Kier molecular flexibility index (Phi) is 4.74. The van der Waals surface area contributed by atoms with E-state index in [9.17, 15) is 4.79 Å². The van der Waals surface area contributed by atoms with Crippen molar-refractivity contribution in [1.82, 2.24) is 4.98 Å². The van der Waals surface area contributed by atoms with E-state index in [0.29, 0.717) is 5.69 Å². The van der Waals surface area contributed by atoms with Gasteiger partial charge in [-0.2, -0.15) is 0 Å². The number of carbonyl (C=O) groups excluding carboxylic acids is 1. The van der Waals surface area contributed by atoms with Gasteiger partial charge < -0.3 is 5.32 Å². The van der Waals surface area contributed by atoms with Gasteiger partial charge >= 0.3 is 0 Å². The second-order valence-electron chi connectivity index (χ2n) is 4.94. The molecule has 0 spiro atoms. The summed E-state index contributed by atoms with van der Waals surface area (Å²) in [5.74, 6) is 0.587. The van der Waals surface area contributed by atoms with E-state index in [4.69, 9.17) is 0 Å². The molecule has 3 aromatic rings. The summed E-state index contributed by atoms with van der Waals surface area (Å²) in [5.41, 5.74) is 2.01. The number of hydrogen-bond acceptors (Lipinski definition) is 3. The van der Waals surface area contributed by atoms with Gasteiger partial charge in [0.1, 0.15) is 5.69 Å². The van der Waals surface area contributed by atoms with Crippen molar-refractivity contribution in [3.63, 3.8) is 0 Å². The number of para-hydroxylation sites is 2. The van der Waals surface area contributed by atoms with Gasteiger partial charge in [-0.3, -0.25) is 4.79 Å². The molecule has 1 aromatic heterocycles. The number of benzene rings is 2. The average Bonchev–Trinajstić information content (AvgIpc) is 2.60. The zero-order chi connectivity index (χ0) is 16.1. The van der Waals surface area contributed by atoms with Gasteiger partial charge in [0.15, 0.2) is 0 Å². The molecule has 1 N–H and O–H groups in total. The van der Waals surface area contributed by atoms with Crippen molar-refractivity contribution in [3.05, 3.63) is 79.0 Å². The molecule has 0 saturated carbocycles. The molecule has 0 aliphatic rings. The number of amides is 1. The Morgan fingerprint density at radius 3 is 2.74 bits per heavy atom. The molecule has 0 atom stereocenters. The molecule has 0 bridgehead atoms. The predicted molar refractivity (Wildman–Crippen MR) is 97.1 cm³/mol. The number of fused-ring (bicyclic) bond motifs is 1. The van der Waals surface area contributed by atoms with Crippen LogP contribution in [0.25, 0.3) is 10.9 Å². The molecule has 3 rings (SSSR count). The average molecular weight is 320 g/mol. The van der Waals surface area contributed by atoms with Crippen molar-refractivity contribution in [2.24, 2.45) is 0 Å². The third-order valence-corrected chi connectivity index (χ3v) is 4.39. The first kappa shape index (κ1) is 15.3. The predicted octanol–water partition coefficient (Wildman–Crippen LogP) is 4.77. The lowest BCUT2D eigenvalue weighted by Gasteiger charge is -2.10. The van der Waals surface area contributed by atoms with Crippen molar-refractivity contribution >= 4 is 34.3 Å². The molecule has 0 aliphatic heterocycles. The van der Waals surface area contributed by atoms with E-state index in [2.05, 4.69) is 16.9 Å². The Morgan fingerprint density at radius 1 is 1.09 bits per heavy atom. The molecule has 23 heavy (non-hydrogen) atoms. The van der Waals surface area contributed by atoms with Crippen LogP contribution in [0.15, 0.2) is 78.2 Å². The molecule has 3 nitrogen and oxygen atoms in total. The third kappa shape index (κ3) is 3.60. The molecule has 0 aliphatic carbocycles. The van der Waals surface area contributed by atoms with Crippen LogP contribution >= 0.6 is 11.8 Å². The molecule has 0 radical (unpaired) electrons. The highest BCUT2D eigenvalue weighted by atomic mass is 32.2. The van der Waals surface area contributed by atoms with Gasteiger partial charge in [-0.05, 0) is 24.3 Å². The zero-order valence-electron chi connectivity index (χ0n) is 12.5. The Hall–Kier alpha value is -2.59. The second kappa shape index (κ2) is 7.11. The van der Waals surface area contributed by atoms with Crippen LogP contribution in [0.4, 0.5) is 5.69 Å². The Morgan fingerprint density at radius 2 is 1.87 bits per heavy atom. The maximum absolute atomic E-state index is 12.5. The number of aromatic nitrogens is 1. The van der Waals surface area contributed by atoms with E-state index < -0.39 is 0 Å². The van der Waals surface area contributed by atoms with E-state index in [1.807, 2.05) is 60.7 Å². The summed E-state index contributed by atoms with van der Waals surface area (Å²) in [6.07, 6.45) is 1.84. The highest BCUT2D eigenvalue weighted by molar-refractivity contribution is 7.99. The number of hydrogen-bond donors (Lipinski definition) is 1. The van der Waals surface area contributed by atoms with Crippen LogP contribution in [0.2, 0.25) is 0 Å². The van der Waals surface area contributed by atoms with E-state index in [1.165, 1.54) is 0 Å².